The van der Waals surface area contributed by atoms with Gasteiger partial charge in [-0.25, -0.2) is 9.78 Å². The van der Waals surface area contributed by atoms with Crippen LogP contribution in [0.4, 0.5) is 11.4 Å². The summed E-state index contributed by atoms with van der Waals surface area (Å²) in [6.07, 6.45) is 2.11. The summed E-state index contributed by atoms with van der Waals surface area (Å²) >= 11 is 1.58. The predicted molar refractivity (Wildman–Crippen MR) is 112 cm³/mol. The normalized spacial score (nSPS) is 11.9. The molecule has 0 amide bonds. The second-order valence-corrected chi connectivity index (χ2v) is 7.80. The monoisotopic (exact) mass is 429 g/mol. The number of nitrogens with zero attached hydrogens (tertiary/aromatic N) is 3. The number of hydrogen-bond donors (Lipinski definition) is 0. The number of carbonyl (C=O) groups is 1. The molecule has 1 heterocycles. The van der Waals surface area contributed by atoms with E-state index in [1.807, 2.05) is 31.2 Å². The molecule has 0 radical (unpaired) electrons. The van der Waals surface area contributed by atoms with Crippen LogP contribution >= 0.6 is 11.3 Å². The number of carbonyl (C=O) groups excluding carboxylic acids is 1. The number of aryl methyl sites for hydroxylation is 1. The van der Waals surface area contributed by atoms with E-state index < -0.39 is 33.3 Å². The van der Waals surface area contributed by atoms with Crippen molar-refractivity contribution in [3.8, 4) is 0 Å². The van der Waals surface area contributed by atoms with Crippen LogP contribution in [-0.2, 0) is 11.2 Å². The molecule has 0 aliphatic carbocycles. The molecule has 3 aromatic rings. The first-order chi connectivity index (χ1) is 14.4. The van der Waals surface area contributed by atoms with Crippen LogP contribution in [0.5, 0.6) is 0 Å². The van der Waals surface area contributed by atoms with E-state index in [1.165, 1.54) is 0 Å². The molecule has 0 spiro atoms. The van der Waals surface area contributed by atoms with Crippen LogP contribution in [0.15, 0.2) is 42.5 Å². The summed E-state index contributed by atoms with van der Waals surface area (Å²) in [6.45, 7) is 1.96. The molecular weight excluding hydrogens is 410 g/mol. The maximum Gasteiger partial charge on any atom is 0.338 e. The van der Waals surface area contributed by atoms with E-state index in [2.05, 4.69) is 4.98 Å². The van der Waals surface area contributed by atoms with Crippen LogP contribution in [0.25, 0.3) is 10.2 Å². The van der Waals surface area contributed by atoms with Crippen molar-refractivity contribution >= 4 is 38.9 Å². The Labute approximate surface area is 175 Å². The van der Waals surface area contributed by atoms with Gasteiger partial charge in [-0.1, -0.05) is 25.5 Å². The number of ether oxygens (including phenoxy) is 1. The highest BCUT2D eigenvalue weighted by molar-refractivity contribution is 7.18. The maximum absolute atomic E-state index is 12.6. The number of benzene rings is 2. The van der Waals surface area contributed by atoms with E-state index in [9.17, 15) is 25.0 Å². The highest BCUT2D eigenvalue weighted by Crippen LogP contribution is 2.26. The van der Waals surface area contributed by atoms with Gasteiger partial charge in [-0.3, -0.25) is 20.2 Å². The number of non-ortho nitro benzene ring substituents is 2. The molecule has 156 valence electrons. The summed E-state index contributed by atoms with van der Waals surface area (Å²) in [6, 6.07) is 10.6. The molecule has 0 aliphatic heterocycles. The number of nitro groups is 2. The first-order valence-electron chi connectivity index (χ1n) is 9.36. The lowest BCUT2D eigenvalue weighted by molar-refractivity contribution is -0.394. The minimum atomic E-state index is -0.815. The van der Waals surface area contributed by atoms with E-state index in [-0.39, 0.29) is 5.56 Å². The number of esters is 1. The molecule has 2 aromatic carbocycles. The zero-order valence-corrected chi connectivity index (χ0v) is 17.0. The summed E-state index contributed by atoms with van der Waals surface area (Å²) in [4.78, 5) is 37.6. The lowest BCUT2D eigenvalue weighted by Crippen LogP contribution is -2.19. The van der Waals surface area contributed by atoms with E-state index >= 15 is 0 Å². The average Bonchev–Trinajstić information content (AvgIpc) is 3.14. The molecule has 0 unspecified atom stereocenters. The van der Waals surface area contributed by atoms with Gasteiger partial charge in [0.05, 0.1) is 36.7 Å². The largest absolute Gasteiger partial charge is 0.459 e. The topological polar surface area (TPSA) is 125 Å². The quantitative estimate of drug-likeness (QED) is 0.264. The zero-order valence-electron chi connectivity index (χ0n) is 16.1. The number of aromatic nitrogens is 1. The van der Waals surface area contributed by atoms with Gasteiger partial charge in [-0.05, 0) is 25.0 Å². The first-order valence-corrected chi connectivity index (χ1v) is 10.2. The number of hydrogen-bond acceptors (Lipinski definition) is 8. The molecule has 30 heavy (non-hydrogen) atoms. The number of fused-ring (bicyclic) bond motifs is 1. The van der Waals surface area contributed by atoms with Crippen molar-refractivity contribution < 1.29 is 19.4 Å². The van der Waals surface area contributed by atoms with Crippen molar-refractivity contribution in [2.75, 3.05) is 0 Å². The van der Waals surface area contributed by atoms with Crippen LogP contribution in [-0.4, -0.2) is 26.9 Å². The van der Waals surface area contributed by atoms with Gasteiger partial charge in [0.1, 0.15) is 6.10 Å². The Morgan fingerprint density at radius 1 is 1.10 bits per heavy atom. The Morgan fingerprint density at radius 3 is 2.37 bits per heavy atom. The smallest absolute Gasteiger partial charge is 0.338 e. The van der Waals surface area contributed by atoms with Crippen LogP contribution in [0.2, 0.25) is 0 Å². The average molecular weight is 429 g/mol. The van der Waals surface area contributed by atoms with Gasteiger partial charge in [-0.2, -0.15) is 0 Å². The Bertz CT molecular complexity index is 1030. The van der Waals surface area contributed by atoms with E-state index in [1.54, 1.807) is 11.3 Å². The summed E-state index contributed by atoms with van der Waals surface area (Å²) < 4.78 is 6.62. The van der Waals surface area contributed by atoms with Crippen molar-refractivity contribution in [3.63, 3.8) is 0 Å². The van der Waals surface area contributed by atoms with Gasteiger partial charge in [0, 0.05) is 18.6 Å². The Morgan fingerprint density at radius 2 is 1.77 bits per heavy atom. The zero-order chi connectivity index (χ0) is 21.7. The summed E-state index contributed by atoms with van der Waals surface area (Å²) in [5, 5.41) is 23.0. The fourth-order valence-electron chi connectivity index (χ4n) is 3.04. The van der Waals surface area contributed by atoms with Crippen molar-refractivity contribution in [2.45, 2.75) is 38.7 Å². The highest BCUT2D eigenvalue weighted by atomic mass is 32.1. The van der Waals surface area contributed by atoms with Gasteiger partial charge in [0.25, 0.3) is 11.4 Å². The lowest BCUT2D eigenvalue weighted by Gasteiger charge is -2.16. The molecule has 1 aromatic heterocycles. The van der Waals surface area contributed by atoms with Gasteiger partial charge < -0.3 is 4.74 Å². The van der Waals surface area contributed by atoms with E-state index in [4.69, 9.17) is 4.74 Å². The van der Waals surface area contributed by atoms with Gasteiger partial charge >= 0.3 is 5.97 Å². The number of para-hydroxylation sites is 1. The van der Waals surface area contributed by atoms with Crippen LogP contribution < -0.4 is 0 Å². The summed E-state index contributed by atoms with van der Waals surface area (Å²) in [7, 11) is 0. The third kappa shape index (κ3) is 5.15. The minimum Gasteiger partial charge on any atom is -0.459 e. The Kier molecular flexibility index (Phi) is 6.68. The molecule has 0 N–H and O–H groups in total. The van der Waals surface area contributed by atoms with Gasteiger partial charge in [0.2, 0.25) is 0 Å². The van der Waals surface area contributed by atoms with E-state index in [0.717, 1.165) is 39.8 Å². The Hall–Kier alpha value is -3.40. The van der Waals surface area contributed by atoms with Crippen molar-refractivity contribution in [1.29, 1.82) is 0 Å². The molecule has 0 aliphatic rings. The maximum atomic E-state index is 12.6. The van der Waals surface area contributed by atoms with Gasteiger partial charge in [-0.15, -0.1) is 11.3 Å². The molecule has 1 atom stereocenters. The first kappa shape index (κ1) is 21.3. The van der Waals surface area contributed by atoms with Crippen molar-refractivity contribution in [1.82, 2.24) is 4.98 Å². The van der Waals surface area contributed by atoms with Crippen LogP contribution in [0, 0.1) is 20.2 Å². The molecule has 10 heteroatoms. The SMILES string of the molecule is CCC[C@H](CCc1nc2ccccc2s1)OC(=O)c1cc([N+](=O)[O-])cc([N+](=O)[O-])c1. The fraction of sp³-hybridized carbons (Fsp3) is 0.300. The van der Waals surface area contributed by atoms with Crippen molar-refractivity contribution in [3.05, 3.63) is 73.3 Å². The number of thiazole rings is 1. The molecule has 0 fully saturated rings. The molecule has 0 saturated carbocycles. The molecule has 9 nitrogen and oxygen atoms in total. The van der Waals surface area contributed by atoms with Crippen molar-refractivity contribution in [2.24, 2.45) is 0 Å². The Balaban J connectivity index is 1.73. The van der Waals surface area contributed by atoms with Gasteiger partial charge in [0.15, 0.2) is 0 Å². The standard InChI is InChI=1S/C20H19N3O6S/c1-2-5-16(8-9-19-21-17-6-3-4-7-18(17)30-19)29-20(24)13-10-14(22(25)26)12-15(11-13)23(27)28/h3-4,6-7,10-12,16H,2,5,8-9H2,1H3/t16-/m1/s1. The third-order valence-corrected chi connectivity index (χ3v) is 5.56. The predicted octanol–water partition coefficient (Wildman–Crippen LogP) is 5.07. The summed E-state index contributed by atoms with van der Waals surface area (Å²) in [5.74, 6) is -0.815. The van der Waals surface area contributed by atoms with Crippen LogP contribution in [0.3, 0.4) is 0 Å². The highest BCUT2D eigenvalue weighted by Gasteiger charge is 2.23. The lowest BCUT2D eigenvalue weighted by atomic mass is 10.1. The summed E-state index contributed by atoms with van der Waals surface area (Å²) in [5.41, 5.74) is -0.349. The molecule has 0 bridgehead atoms. The molecule has 3 rings (SSSR count). The third-order valence-electron chi connectivity index (χ3n) is 4.46. The molecule has 0 saturated heterocycles. The number of nitro benzene ring substituents is 2. The second kappa shape index (κ2) is 9.40. The minimum absolute atomic E-state index is 0.211. The molecular formula is C20H19N3O6S. The van der Waals surface area contributed by atoms with E-state index in [0.29, 0.717) is 19.3 Å². The fourth-order valence-corrected chi connectivity index (χ4v) is 4.02. The van der Waals surface area contributed by atoms with Crippen LogP contribution in [0.1, 0.15) is 41.6 Å². The number of rotatable bonds is 9. The second-order valence-electron chi connectivity index (χ2n) is 6.68.